The minimum absolute atomic E-state index is 0.0230. The number of carbonyl (C=O) groups is 3. The number of nitrogens with one attached hydrogen (secondary N) is 2. The molecule has 1 aromatic heterocycles. The average Bonchev–Trinajstić information content (AvgIpc) is 3.73. The van der Waals surface area contributed by atoms with Crippen LogP contribution in [0.2, 0.25) is 0 Å². The lowest BCUT2D eigenvalue weighted by Gasteiger charge is -2.35. The van der Waals surface area contributed by atoms with Gasteiger partial charge in [0.05, 0.1) is 28.2 Å². The first-order valence-corrected chi connectivity index (χ1v) is 19.5. The number of benzene rings is 2. The number of amides is 3. The van der Waals surface area contributed by atoms with Gasteiger partial charge in [-0.25, -0.2) is 4.98 Å². The molecule has 0 radical (unpaired) electrons. The monoisotopic (exact) mass is 728 g/mol. The van der Waals surface area contributed by atoms with Gasteiger partial charge >= 0.3 is 0 Å². The molecule has 280 valence electrons. The van der Waals surface area contributed by atoms with Crippen molar-refractivity contribution in [3.63, 3.8) is 0 Å². The quantitative estimate of drug-likeness (QED) is 0.160. The number of aromatic nitrogens is 1. The van der Waals surface area contributed by atoms with E-state index < -0.39 is 23.6 Å². The summed E-state index contributed by atoms with van der Waals surface area (Å²) < 4.78 is 5.81. The fourth-order valence-electron chi connectivity index (χ4n) is 7.46. The Bertz CT molecular complexity index is 1690. The van der Waals surface area contributed by atoms with Crippen LogP contribution in [0.3, 0.4) is 0 Å². The Hall–Kier alpha value is -3.86. The van der Waals surface area contributed by atoms with E-state index in [0.29, 0.717) is 18.4 Å². The number of aliphatic hydroxyl groups is 1. The van der Waals surface area contributed by atoms with Crippen LogP contribution in [0.15, 0.2) is 60.6 Å². The third kappa shape index (κ3) is 9.96. The fourth-order valence-corrected chi connectivity index (χ4v) is 8.27. The van der Waals surface area contributed by atoms with Gasteiger partial charge in [-0.3, -0.25) is 14.4 Å². The predicted molar refractivity (Wildman–Crippen MR) is 208 cm³/mol. The fraction of sp³-hybridized carbons (Fsp3) is 0.524. The highest BCUT2D eigenvalue weighted by Crippen LogP contribution is 2.37. The van der Waals surface area contributed by atoms with Crippen molar-refractivity contribution in [3.8, 4) is 10.4 Å². The Kier molecular flexibility index (Phi) is 13.1. The number of β-amino-alcohol motifs (C(OH)–C–C–N with tert-alkyl or cyclic N) is 1. The molecule has 1 aliphatic heterocycles. The Morgan fingerprint density at radius 1 is 1.04 bits per heavy atom. The first-order chi connectivity index (χ1) is 24.7. The third-order valence-electron chi connectivity index (χ3n) is 10.7. The molecule has 1 aliphatic carbocycles. The van der Waals surface area contributed by atoms with Gasteiger partial charge in [0.1, 0.15) is 18.7 Å². The Labute approximate surface area is 313 Å². The molecule has 10 heteroatoms. The smallest absolute Gasteiger partial charge is 0.246 e. The summed E-state index contributed by atoms with van der Waals surface area (Å²) in [5, 5.41) is 16.5. The van der Waals surface area contributed by atoms with Crippen LogP contribution in [0, 0.1) is 18.3 Å². The van der Waals surface area contributed by atoms with Crippen LogP contribution in [0.5, 0.6) is 0 Å². The maximum Gasteiger partial charge on any atom is 0.246 e. The number of likely N-dealkylation sites (tertiary alicyclic amines) is 1. The van der Waals surface area contributed by atoms with Crippen LogP contribution in [-0.4, -0.2) is 70.7 Å². The molecule has 2 aromatic carbocycles. The lowest BCUT2D eigenvalue weighted by atomic mass is 9.77. The van der Waals surface area contributed by atoms with Crippen LogP contribution in [0.25, 0.3) is 16.0 Å². The van der Waals surface area contributed by atoms with E-state index >= 15 is 0 Å². The van der Waals surface area contributed by atoms with Crippen molar-refractivity contribution in [2.45, 2.75) is 110 Å². The molecule has 2 aliphatic rings. The first kappa shape index (κ1) is 39.3. The van der Waals surface area contributed by atoms with Gasteiger partial charge in [-0.2, -0.15) is 0 Å². The lowest BCUT2D eigenvalue weighted by Crippen LogP contribution is -2.58. The van der Waals surface area contributed by atoms with E-state index in [1.165, 1.54) is 16.0 Å². The topological polar surface area (TPSA) is 121 Å². The molecule has 1 saturated carbocycles. The molecule has 3 N–H and O–H groups in total. The zero-order valence-electron chi connectivity index (χ0n) is 31.6. The van der Waals surface area contributed by atoms with Crippen molar-refractivity contribution in [1.82, 2.24) is 20.5 Å². The van der Waals surface area contributed by atoms with E-state index in [1.54, 1.807) is 11.3 Å². The van der Waals surface area contributed by atoms with E-state index in [9.17, 15) is 19.5 Å². The standard InChI is InChI=1S/C42H56N4O5S/c1-26(2)30-12-16-33(17-13-30)32-10-8-29(9-11-32)20-21-51-24-37(48)45-39(42(5,6)7)41(50)46-23-35(47)22-36(46)40(49)44-27(3)31-14-18-34(19-15-31)38-28(4)43-25-52-38/h12-19,25,27,29,32,35-36,39,47H,1,8-11,20-24H2,2-7H3,(H,44,49)(H,45,48)/t27-,29?,32?,35+,36-,39?/m0/s1. The maximum atomic E-state index is 14.0. The van der Waals surface area contributed by atoms with Gasteiger partial charge in [-0.15, -0.1) is 11.3 Å². The van der Waals surface area contributed by atoms with Crippen molar-refractivity contribution in [1.29, 1.82) is 0 Å². The van der Waals surface area contributed by atoms with Crippen LogP contribution >= 0.6 is 11.3 Å². The molecule has 3 amide bonds. The molecule has 1 unspecified atom stereocenters. The highest BCUT2D eigenvalue weighted by Gasteiger charge is 2.44. The molecule has 9 nitrogen and oxygen atoms in total. The number of aryl methyl sites for hydroxylation is 1. The van der Waals surface area contributed by atoms with Crippen molar-refractivity contribution >= 4 is 34.6 Å². The van der Waals surface area contributed by atoms with Gasteiger partial charge in [0, 0.05) is 19.6 Å². The van der Waals surface area contributed by atoms with Crippen LogP contribution < -0.4 is 10.6 Å². The van der Waals surface area contributed by atoms with Gasteiger partial charge in [0.25, 0.3) is 0 Å². The average molecular weight is 729 g/mol. The van der Waals surface area contributed by atoms with Gasteiger partial charge < -0.3 is 25.4 Å². The largest absolute Gasteiger partial charge is 0.391 e. The molecule has 5 rings (SSSR count). The summed E-state index contributed by atoms with van der Waals surface area (Å²) in [7, 11) is 0. The minimum Gasteiger partial charge on any atom is -0.391 e. The number of thiazole rings is 1. The number of rotatable bonds is 13. The Morgan fingerprint density at radius 2 is 1.71 bits per heavy atom. The van der Waals surface area contributed by atoms with Crippen molar-refractivity contribution in [2.75, 3.05) is 19.8 Å². The second-order valence-corrected chi connectivity index (χ2v) is 16.7. The summed E-state index contributed by atoms with van der Waals surface area (Å²) in [5.41, 5.74) is 7.82. The summed E-state index contributed by atoms with van der Waals surface area (Å²) in [4.78, 5) is 47.5. The zero-order valence-corrected chi connectivity index (χ0v) is 32.4. The molecule has 3 aromatic rings. The number of nitrogens with zero attached hydrogens (tertiary/aromatic N) is 2. The Balaban J connectivity index is 1.09. The number of hydrogen-bond donors (Lipinski definition) is 3. The van der Waals surface area contributed by atoms with Crippen molar-refractivity contribution < 1.29 is 24.2 Å². The first-order valence-electron chi connectivity index (χ1n) is 18.6. The van der Waals surface area contributed by atoms with Gasteiger partial charge in [-0.1, -0.05) is 81.5 Å². The SMILES string of the molecule is C=C(C)c1ccc(C2CCC(CCOCC(=O)NC(C(=O)N3C[C@H](O)C[C@H]3C(=O)N[C@@H](C)c3ccc(-c4scnc4C)cc3)C(C)(C)C)CC2)cc1. The summed E-state index contributed by atoms with van der Waals surface area (Å²) >= 11 is 1.59. The van der Waals surface area contributed by atoms with Gasteiger partial charge in [0.2, 0.25) is 17.7 Å². The van der Waals surface area contributed by atoms with E-state index in [2.05, 4.69) is 46.5 Å². The Morgan fingerprint density at radius 3 is 2.31 bits per heavy atom. The second kappa shape index (κ2) is 17.3. The number of allylic oxidation sites excluding steroid dienone is 1. The number of aliphatic hydroxyl groups excluding tert-OH is 1. The van der Waals surface area contributed by atoms with E-state index in [-0.39, 0.29) is 43.3 Å². The van der Waals surface area contributed by atoms with Gasteiger partial charge in [0.15, 0.2) is 0 Å². The molecule has 52 heavy (non-hydrogen) atoms. The van der Waals surface area contributed by atoms with Crippen LogP contribution in [0.4, 0.5) is 0 Å². The third-order valence-corrected chi connectivity index (χ3v) is 11.7. The molecule has 4 atom stereocenters. The highest BCUT2D eigenvalue weighted by molar-refractivity contribution is 7.13. The summed E-state index contributed by atoms with van der Waals surface area (Å²) in [6.07, 6.45) is 4.76. The zero-order chi connectivity index (χ0) is 37.6. The number of ether oxygens (including phenoxy) is 1. The molecular weight excluding hydrogens is 673 g/mol. The molecule has 2 fully saturated rings. The van der Waals surface area contributed by atoms with Crippen LogP contribution in [-0.2, 0) is 19.1 Å². The highest BCUT2D eigenvalue weighted by atomic mass is 32.1. The van der Waals surface area contributed by atoms with Crippen LogP contribution in [0.1, 0.15) is 107 Å². The maximum absolute atomic E-state index is 14.0. The van der Waals surface area contributed by atoms with Gasteiger partial charge in [-0.05, 0) is 92.4 Å². The lowest BCUT2D eigenvalue weighted by molar-refractivity contribution is -0.144. The molecule has 1 saturated heterocycles. The summed E-state index contributed by atoms with van der Waals surface area (Å²) in [5.74, 6) is 0.0490. The normalized spacial score (nSPS) is 21.7. The minimum atomic E-state index is -0.899. The molecule has 0 spiro atoms. The van der Waals surface area contributed by atoms with E-state index in [4.69, 9.17) is 4.74 Å². The second-order valence-electron chi connectivity index (χ2n) is 15.8. The van der Waals surface area contributed by atoms with Crippen molar-refractivity contribution in [3.05, 3.63) is 83.0 Å². The van der Waals surface area contributed by atoms with Crippen molar-refractivity contribution in [2.24, 2.45) is 11.3 Å². The molecule has 0 bridgehead atoms. The summed E-state index contributed by atoms with van der Waals surface area (Å²) in [6, 6.07) is 14.7. The predicted octanol–water partition coefficient (Wildman–Crippen LogP) is 7.20. The summed E-state index contributed by atoms with van der Waals surface area (Å²) in [6.45, 7) is 15.9. The van der Waals surface area contributed by atoms with E-state index in [0.717, 1.165) is 59.4 Å². The number of carbonyl (C=O) groups excluding carboxylic acids is 3. The molecular formula is C42H56N4O5S. The number of hydrogen-bond acceptors (Lipinski definition) is 7. The van der Waals surface area contributed by atoms with E-state index in [1.807, 2.05) is 71.3 Å². The molecule has 2 heterocycles.